The molecule has 0 aromatic heterocycles. The van der Waals surface area contributed by atoms with Crippen molar-refractivity contribution >= 4 is 92.8 Å². The SMILES string of the molecule is O=C(Nc1c(F)ccc(NC(=O)C(F)F)c1F)c1cc(NC(=O)C2[C@H](c3cc(Cl)c(Cl)c(Cl)c3)C2(Cl)Cl)ccc1F. The molecule has 41 heavy (non-hydrogen) atoms. The first kappa shape index (κ1) is 31.1. The summed E-state index contributed by atoms with van der Waals surface area (Å²) in [6.45, 7) is 0. The Bertz CT molecular complexity index is 1570. The highest BCUT2D eigenvalue weighted by Gasteiger charge is 2.67. The molecule has 1 aliphatic carbocycles. The Hall–Kier alpha value is -2.83. The second-order valence-corrected chi connectivity index (χ2v) is 11.3. The van der Waals surface area contributed by atoms with Gasteiger partial charge in [0, 0.05) is 11.6 Å². The van der Waals surface area contributed by atoms with Crippen LogP contribution in [0.5, 0.6) is 0 Å². The van der Waals surface area contributed by atoms with Gasteiger partial charge in [-0.1, -0.05) is 34.8 Å². The molecule has 0 bridgehead atoms. The standard InChI is InChI=1S/C25H13Cl5F5N3O3/c26-11-5-8(6-12(27)18(11)28)16-17(25(16,29)30)23(40)36-9-1-2-13(31)10(7-9)22(39)38-20-14(32)3-4-15(19(20)33)37-24(41)21(34)35/h1-7,16-17,21H,(H,36,40)(H,37,41)(H,38,39)/t16-,17?/m0/s1. The minimum atomic E-state index is -3.50. The highest BCUT2D eigenvalue weighted by molar-refractivity contribution is 6.54. The van der Waals surface area contributed by atoms with Crippen molar-refractivity contribution in [2.75, 3.05) is 16.0 Å². The predicted octanol–water partition coefficient (Wildman–Crippen LogP) is 8.05. The quantitative estimate of drug-likeness (QED) is 0.135. The highest BCUT2D eigenvalue weighted by atomic mass is 35.5. The van der Waals surface area contributed by atoms with Gasteiger partial charge in [0.25, 0.3) is 11.8 Å². The van der Waals surface area contributed by atoms with E-state index in [9.17, 15) is 36.3 Å². The Morgan fingerprint density at radius 3 is 2.05 bits per heavy atom. The summed E-state index contributed by atoms with van der Waals surface area (Å²) in [6.07, 6.45) is -3.50. The molecule has 1 fully saturated rings. The number of rotatable bonds is 7. The lowest BCUT2D eigenvalue weighted by molar-refractivity contribution is -0.126. The van der Waals surface area contributed by atoms with Gasteiger partial charge in [0.15, 0.2) is 5.82 Å². The molecule has 0 heterocycles. The Morgan fingerprint density at radius 2 is 1.44 bits per heavy atom. The van der Waals surface area contributed by atoms with Crippen molar-refractivity contribution in [3.8, 4) is 0 Å². The third-order valence-electron chi connectivity index (χ3n) is 5.97. The number of anilines is 3. The van der Waals surface area contributed by atoms with Crippen LogP contribution in [0.2, 0.25) is 15.1 Å². The molecule has 6 nitrogen and oxygen atoms in total. The fraction of sp³-hybridized carbons (Fsp3) is 0.160. The summed E-state index contributed by atoms with van der Waals surface area (Å²) in [5.74, 6) is -9.84. The molecule has 0 saturated heterocycles. The summed E-state index contributed by atoms with van der Waals surface area (Å²) in [5, 5.41) is 6.07. The number of hydrogen-bond acceptors (Lipinski definition) is 3. The Morgan fingerprint density at radius 1 is 0.829 bits per heavy atom. The van der Waals surface area contributed by atoms with Gasteiger partial charge in [0.05, 0.1) is 32.2 Å². The van der Waals surface area contributed by atoms with E-state index in [1.807, 2.05) is 0 Å². The van der Waals surface area contributed by atoms with Gasteiger partial charge < -0.3 is 16.0 Å². The van der Waals surface area contributed by atoms with Gasteiger partial charge in [0.2, 0.25) is 5.91 Å². The van der Waals surface area contributed by atoms with E-state index < -0.39 is 74.7 Å². The van der Waals surface area contributed by atoms with Crippen LogP contribution in [0.15, 0.2) is 42.5 Å². The van der Waals surface area contributed by atoms with Crippen LogP contribution < -0.4 is 16.0 Å². The maximum absolute atomic E-state index is 14.7. The molecule has 3 amide bonds. The lowest BCUT2D eigenvalue weighted by Gasteiger charge is -2.13. The molecule has 216 valence electrons. The number of hydrogen-bond donors (Lipinski definition) is 3. The molecule has 3 aromatic rings. The zero-order chi connectivity index (χ0) is 30.4. The molecule has 3 N–H and O–H groups in total. The van der Waals surface area contributed by atoms with Crippen molar-refractivity contribution < 1.29 is 36.3 Å². The number of alkyl halides is 4. The van der Waals surface area contributed by atoms with Crippen molar-refractivity contribution in [1.29, 1.82) is 0 Å². The van der Waals surface area contributed by atoms with Gasteiger partial charge in [-0.25, -0.2) is 13.2 Å². The second-order valence-electron chi connectivity index (χ2n) is 8.64. The van der Waals surface area contributed by atoms with Crippen LogP contribution in [0.1, 0.15) is 21.8 Å². The molecular formula is C25H13Cl5F5N3O3. The summed E-state index contributed by atoms with van der Waals surface area (Å²) in [7, 11) is 0. The second kappa shape index (κ2) is 11.8. The molecule has 2 atom stereocenters. The molecule has 0 aliphatic heterocycles. The molecule has 3 aromatic carbocycles. The average Bonchev–Trinajstić information content (AvgIpc) is 3.49. The molecule has 4 rings (SSSR count). The van der Waals surface area contributed by atoms with Crippen LogP contribution in [0.25, 0.3) is 0 Å². The first-order valence-electron chi connectivity index (χ1n) is 11.1. The van der Waals surface area contributed by atoms with Gasteiger partial charge in [-0.3, -0.25) is 14.4 Å². The zero-order valence-electron chi connectivity index (χ0n) is 19.8. The minimum Gasteiger partial charge on any atom is -0.326 e. The number of benzene rings is 3. The zero-order valence-corrected chi connectivity index (χ0v) is 23.6. The van der Waals surface area contributed by atoms with Crippen LogP contribution in [0.3, 0.4) is 0 Å². The van der Waals surface area contributed by atoms with E-state index >= 15 is 0 Å². The number of halogens is 10. The average molecular weight is 676 g/mol. The van der Waals surface area contributed by atoms with Gasteiger partial charge in [0.1, 0.15) is 21.7 Å². The molecule has 1 aliphatic rings. The molecule has 0 spiro atoms. The summed E-state index contributed by atoms with van der Waals surface area (Å²) in [6, 6.07) is 6.90. The van der Waals surface area contributed by atoms with Crippen LogP contribution in [-0.4, -0.2) is 28.5 Å². The maximum atomic E-state index is 14.7. The van der Waals surface area contributed by atoms with E-state index in [0.29, 0.717) is 17.7 Å². The van der Waals surface area contributed by atoms with Crippen LogP contribution >= 0.6 is 58.0 Å². The van der Waals surface area contributed by atoms with E-state index in [-0.39, 0.29) is 20.8 Å². The number of nitrogens with one attached hydrogen (secondary N) is 3. The third kappa shape index (κ3) is 6.34. The fourth-order valence-electron chi connectivity index (χ4n) is 3.95. The summed E-state index contributed by atoms with van der Waals surface area (Å²) >= 11 is 30.7. The van der Waals surface area contributed by atoms with Crippen molar-refractivity contribution in [3.63, 3.8) is 0 Å². The Balaban J connectivity index is 1.53. The monoisotopic (exact) mass is 673 g/mol. The van der Waals surface area contributed by atoms with E-state index in [1.54, 1.807) is 5.32 Å². The largest absolute Gasteiger partial charge is 0.326 e. The Labute approximate surface area is 253 Å². The molecule has 0 radical (unpaired) electrons. The van der Waals surface area contributed by atoms with Crippen molar-refractivity contribution in [2.24, 2.45) is 5.92 Å². The van der Waals surface area contributed by atoms with E-state index in [4.69, 9.17) is 58.0 Å². The summed E-state index contributed by atoms with van der Waals surface area (Å²) < 4.78 is 66.9. The lowest BCUT2D eigenvalue weighted by Crippen LogP contribution is -2.22. The van der Waals surface area contributed by atoms with Gasteiger partial charge in [-0.05, 0) is 48.0 Å². The first-order valence-corrected chi connectivity index (χ1v) is 13.0. The minimum absolute atomic E-state index is 0.0926. The predicted molar refractivity (Wildman–Crippen MR) is 146 cm³/mol. The smallest absolute Gasteiger partial charge is 0.315 e. The fourth-order valence-corrected chi connectivity index (χ4v) is 5.39. The Kier molecular flexibility index (Phi) is 8.96. The van der Waals surface area contributed by atoms with Gasteiger partial charge in [-0.2, -0.15) is 8.78 Å². The molecule has 16 heteroatoms. The number of carbonyl (C=O) groups is 3. The summed E-state index contributed by atoms with van der Waals surface area (Å²) in [5.41, 5.74) is -2.45. The normalized spacial score (nSPS) is 17.2. The van der Waals surface area contributed by atoms with E-state index in [0.717, 1.165) is 18.2 Å². The van der Waals surface area contributed by atoms with Crippen LogP contribution in [0.4, 0.5) is 39.0 Å². The highest BCUT2D eigenvalue weighted by Crippen LogP contribution is 2.65. The van der Waals surface area contributed by atoms with E-state index in [1.165, 1.54) is 17.4 Å². The lowest BCUT2D eigenvalue weighted by atomic mass is 10.1. The first-order chi connectivity index (χ1) is 19.1. The van der Waals surface area contributed by atoms with Gasteiger partial charge in [-0.15, -0.1) is 23.2 Å². The number of carbonyl (C=O) groups excluding carboxylic acids is 3. The van der Waals surface area contributed by atoms with Crippen molar-refractivity contribution in [3.05, 3.63) is 86.1 Å². The third-order valence-corrected chi connectivity index (χ3v) is 8.10. The van der Waals surface area contributed by atoms with E-state index in [2.05, 4.69) is 5.32 Å². The topological polar surface area (TPSA) is 87.3 Å². The van der Waals surface area contributed by atoms with Gasteiger partial charge >= 0.3 is 6.43 Å². The summed E-state index contributed by atoms with van der Waals surface area (Å²) in [4.78, 5) is 36.9. The molecule has 1 unspecified atom stereocenters. The maximum Gasteiger partial charge on any atom is 0.315 e. The van der Waals surface area contributed by atoms with Crippen molar-refractivity contribution in [2.45, 2.75) is 16.7 Å². The molecular weight excluding hydrogens is 663 g/mol. The van der Waals surface area contributed by atoms with Crippen LogP contribution in [-0.2, 0) is 9.59 Å². The number of amides is 3. The molecule has 1 saturated carbocycles. The van der Waals surface area contributed by atoms with Crippen molar-refractivity contribution in [1.82, 2.24) is 0 Å². The van der Waals surface area contributed by atoms with Crippen LogP contribution in [0, 0.1) is 23.4 Å².